The van der Waals surface area contributed by atoms with Crippen molar-refractivity contribution in [1.29, 1.82) is 0 Å². The van der Waals surface area contributed by atoms with Gasteiger partial charge < -0.3 is 14.6 Å². The highest BCUT2D eigenvalue weighted by atomic mass is 16.3. The number of likely N-dealkylation sites (tertiary alicyclic amines) is 1. The molecule has 0 radical (unpaired) electrons. The molecule has 6 heteroatoms. The average Bonchev–Trinajstić information content (AvgIpc) is 3.37. The second-order valence-electron chi connectivity index (χ2n) is 9.21. The van der Waals surface area contributed by atoms with Gasteiger partial charge in [0.15, 0.2) is 5.65 Å². The van der Waals surface area contributed by atoms with Crippen molar-refractivity contribution >= 4 is 17.1 Å². The van der Waals surface area contributed by atoms with E-state index in [0.717, 1.165) is 36.0 Å². The first-order valence-corrected chi connectivity index (χ1v) is 11.0. The molecule has 1 aliphatic heterocycles. The van der Waals surface area contributed by atoms with E-state index in [9.17, 15) is 9.90 Å². The molecule has 3 heterocycles. The van der Waals surface area contributed by atoms with Crippen LogP contribution >= 0.6 is 0 Å². The maximum atomic E-state index is 13.3. The lowest BCUT2D eigenvalue weighted by molar-refractivity contribution is -0.0644. The van der Waals surface area contributed by atoms with Crippen LogP contribution in [0.25, 0.3) is 11.2 Å². The summed E-state index contributed by atoms with van der Waals surface area (Å²) in [6.45, 7) is 1.29. The summed E-state index contributed by atoms with van der Waals surface area (Å²) >= 11 is 0. The van der Waals surface area contributed by atoms with Gasteiger partial charge in [-0.15, -0.1) is 0 Å². The molecule has 6 nitrogen and oxygen atoms in total. The predicted octanol–water partition coefficient (Wildman–Crippen LogP) is 3.53. The number of carbonyl (C=O) groups is 1. The molecule has 0 unspecified atom stereocenters. The van der Waals surface area contributed by atoms with Crippen LogP contribution in [0, 0.1) is 11.8 Å². The first-order valence-electron chi connectivity index (χ1n) is 11.0. The lowest BCUT2D eigenvalue weighted by atomic mass is 9.67. The van der Waals surface area contributed by atoms with E-state index in [1.54, 1.807) is 6.20 Å². The standard InChI is InChI=1S/C24H26N4O2/c29-23(17-11-21-22(25-12-17)28(15-26-21)19-8-9-19)27-13-16-5-4-10-24(30,20(16)14-27)18-6-2-1-3-7-18/h1-3,6-7,11-12,15-16,19-20,30H,4-5,8-10,13-14H2/t16-,20+,24+/m0/s1. The highest BCUT2D eigenvalue weighted by Crippen LogP contribution is 2.48. The van der Waals surface area contributed by atoms with Gasteiger partial charge in [0, 0.05) is 31.2 Å². The molecule has 1 aromatic carbocycles. The smallest absolute Gasteiger partial charge is 0.255 e. The van der Waals surface area contributed by atoms with Crippen LogP contribution < -0.4 is 0 Å². The zero-order chi connectivity index (χ0) is 20.3. The van der Waals surface area contributed by atoms with E-state index >= 15 is 0 Å². The van der Waals surface area contributed by atoms with Crippen molar-refractivity contribution < 1.29 is 9.90 Å². The molecule has 6 rings (SSSR count). The zero-order valence-corrected chi connectivity index (χ0v) is 16.9. The number of aromatic nitrogens is 3. The topological polar surface area (TPSA) is 71.2 Å². The summed E-state index contributed by atoms with van der Waals surface area (Å²) in [5.74, 6) is 0.400. The Balaban J connectivity index is 1.27. The van der Waals surface area contributed by atoms with Crippen LogP contribution in [0.4, 0.5) is 0 Å². The van der Waals surface area contributed by atoms with Crippen molar-refractivity contribution in [2.75, 3.05) is 13.1 Å². The normalized spacial score (nSPS) is 28.6. The fourth-order valence-corrected chi connectivity index (χ4v) is 5.61. The molecular formula is C24H26N4O2. The van der Waals surface area contributed by atoms with Crippen molar-refractivity contribution in [2.24, 2.45) is 11.8 Å². The Labute approximate surface area is 175 Å². The monoisotopic (exact) mass is 402 g/mol. The minimum absolute atomic E-state index is 0.00446. The molecule has 1 amide bonds. The Morgan fingerprint density at radius 1 is 1.10 bits per heavy atom. The number of imidazole rings is 1. The Morgan fingerprint density at radius 3 is 2.73 bits per heavy atom. The second kappa shape index (κ2) is 6.64. The van der Waals surface area contributed by atoms with Gasteiger partial charge in [0.25, 0.3) is 5.91 Å². The lowest BCUT2D eigenvalue weighted by Gasteiger charge is -2.41. The minimum atomic E-state index is -0.857. The van der Waals surface area contributed by atoms with E-state index in [4.69, 9.17) is 0 Å². The van der Waals surface area contributed by atoms with Gasteiger partial charge in [-0.3, -0.25) is 4.79 Å². The molecule has 3 fully saturated rings. The van der Waals surface area contributed by atoms with Crippen LogP contribution in [0.2, 0.25) is 0 Å². The molecule has 3 atom stereocenters. The van der Waals surface area contributed by atoms with Crippen LogP contribution in [0.15, 0.2) is 48.9 Å². The van der Waals surface area contributed by atoms with Gasteiger partial charge >= 0.3 is 0 Å². The van der Waals surface area contributed by atoms with E-state index in [0.29, 0.717) is 30.6 Å². The average molecular weight is 402 g/mol. The largest absolute Gasteiger partial charge is 0.385 e. The third-order valence-electron chi connectivity index (χ3n) is 7.35. The maximum absolute atomic E-state index is 13.3. The van der Waals surface area contributed by atoms with Crippen molar-refractivity contribution in [3.8, 4) is 0 Å². The summed E-state index contributed by atoms with van der Waals surface area (Å²) in [7, 11) is 0. The first-order chi connectivity index (χ1) is 14.6. The highest BCUT2D eigenvalue weighted by Gasteiger charge is 2.50. The van der Waals surface area contributed by atoms with Crippen molar-refractivity contribution in [3.05, 3.63) is 60.0 Å². The van der Waals surface area contributed by atoms with E-state index in [1.165, 1.54) is 12.8 Å². The quantitative estimate of drug-likeness (QED) is 0.728. The Hall–Kier alpha value is -2.73. The Bertz CT molecular complexity index is 1110. The lowest BCUT2D eigenvalue weighted by Crippen LogP contribution is -2.42. The summed E-state index contributed by atoms with van der Waals surface area (Å²) in [5.41, 5.74) is 2.35. The number of nitrogens with zero attached hydrogens (tertiary/aromatic N) is 4. The van der Waals surface area contributed by atoms with Crippen molar-refractivity contribution in [2.45, 2.75) is 43.7 Å². The van der Waals surface area contributed by atoms with Crippen LogP contribution in [0.3, 0.4) is 0 Å². The number of carbonyl (C=O) groups excluding carboxylic acids is 1. The van der Waals surface area contributed by atoms with Crippen molar-refractivity contribution in [3.63, 3.8) is 0 Å². The summed E-state index contributed by atoms with van der Waals surface area (Å²) in [6.07, 6.45) is 8.69. The number of hydrogen-bond acceptors (Lipinski definition) is 4. The molecule has 0 bridgehead atoms. The Kier molecular flexibility index (Phi) is 4.00. The number of hydrogen-bond donors (Lipinski definition) is 1. The fourth-order valence-electron chi connectivity index (χ4n) is 5.61. The number of rotatable bonds is 3. The van der Waals surface area contributed by atoms with Gasteiger partial charge in [0.05, 0.1) is 17.5 Å². The molecule has 2 saturated carbocycles. The van der Waals surface area contributed by atoms with Gasteiger partial charge in [-0.2, -0.15) is 0 Å². The predicted molar refractivity (Wildman–Crippen MR) is 113 cm³/mol. The second-order valence-corrected chi connectivity index (χ2v) is 9.21. The Morgan fingerprint density at radius 2 is 1.93 bits per heavy atom. The summed E-state index contributed by atoms with van der Waals surface area (Å²) in [5, 5.41) is 11.6. The van der Waals surface area contributed by atoms with E-state index in [2.05, 4.69) is 14.5 Å². The van der Waals surface area contributed by atoms with E-state index in [1.807, 2.05) is 47.6 Å². The van der Waals surface area contributed by atoms with Crippen molar-refractivity contribution in [1.82, 2.24) is 19.4 Å². The van der Waals surface area contributed by atoms with Crippen LogP contribution in [-0.2, 0) is 5.60 Å². The number of pyridine rings is 1. The minimum Gasteiger partial charge on any atom is -0.385 e. The van der Waals surface area contributed by atoms with Gasteiger partial charge in [-0.1, -0.05) is 30.3 Å². The van der Waals surface area contributed by atoms with Crippen LogP contribution in [-0.4, -0.2) is 43.5 Å². The first kappa shape index (κ1) is 18.1. The third kappa shape index (κ3) is 2.77. The number of amides is 1. The molecule has 3 aliphatic rings. The summed E-state index contributed by atoms with van der Waals surface area (Å²) in [4.78, 5) is 24.3. The van der Waals surface area contributed by atoms with Crippen LogP contribution in [0.5, 0.6) is 0 Å². The molecule has 1 N–H and O–H groups in total. The summed E-state index contributed by atoms with van der Waals surface area (Å²) in [6, 6.07) is 12.4. The van der Waals surface area contributed by atoms with E-state index in [-0.39, 0.29) is 11.8 Å². The molecule has 2 aliphatic carbocycles. The molecule has 3 aromatic rings. The molecule has 2 aromatic heterocycles. The number of fused-ring (bicyclic) bond motifs is 2. The SMILES string of the molecule is O=C(c1cnc2c(c1)ncn2C1CC1)N1C[C@@H]2CCC[C@@](O)(c3ccccc3)[C@@H]2C1. The number of aliphatic hydroxyl groups is 1. The zero-order valence-electron chi connectivity index (χ0n) is 16.9. The van der Waals surface area contributed by atoms with Gasteiger partial charge in [0.1, 0.15) is 5.52 Å². The van der Waals surface area contributed by atoms with Gasteiger partial charge in [-0.25, -0.2) is 9.97 Å². The summed E-state index contributed by atoms with van der Waals surface area (Å²) < 4.78 is 2.12. The fraction of sp³-hybridized carbons (Fsp3) is 0.458. The molecular weight excluding hydrogens is 376 g/mol. The molecule has 1 saturated heterocycles. The van der Waals surface area contributed by atoms with Gasteiger partial charge in [-0.05, 0) is 49.7 Å². The van der Waals surface area contributed by atoms with E-state index < -0.39 is 5.60 Å². The van der Waals surface area contributed by atoms with Gasteiger partial charge in [0.2, 0.25) is 0 Å². The molecule has 154 valence electrons. The third-order valence-corrected chi connectivity index (χ3v) is 7.35. The van der Waals surface area contributed by atoms with Crippen LogP contribution in [0.1, 0.15) is 54.1 Å². The highest BCUT2D eigenvalue weighted by molar-refractivity contribution is 5.96. The molecule has 0 spiro atoms. The maximum Gasteiger partial charge on any atom is 0.255 e. The number of benzene rings is 1. The molecule has 30 heavy (non-hydrogen) atoms.